The number of aliphatic hydroxyl groups excluding tert-OH is 1. The van der Waals surface area contributed by atoms with Crippen molar-refractivity contribution in [1.82, 2.24) is 9.88 Å². The number of hydrogen-bond donors (Lipinski definition) is 1. The van der Waals surface area contributed by atoms with Crippen LogP contribution in [0.3, 0.4) is 0 Å². The third-order valence-electron chi connectivity index (χ3n) is 4.99. The van der Waals surface area contributed by atoms with E-state index < -0.39 is 5.60 Å². The van der Waals surface area contributed by atoms with Gasteiger partial charge in [-0.3, -0.25) is 4.79 Å². The molecule has 3 heterocycles. The van der Waals surface area contributed by atoms with Crippen molar-refractivity contribution in [2.45, 2.75) is 57.2 Å². The molecule has 3 rings (SSSR count). The summed E-state index contributed by atoms with van der Waals surface area (Å²) in [5.74, 6) is 0.202. The molecule has 0 aliphatic carbocycles. The van der Waals surface area contributed by atoms with Crippen molar-refractivity contribution in [2.24, 2.45) is 0 Å². The molecular weight excluding hydrogens is 300 g/mol. The van der Waals surface area contributed by atoms with Crippen LogP contribution >= 0.6 is 11.3 Å². The zero-order valence-corrected chi connectivity index (χ0v) is 13.9. The maximum atomic E-state index is 12.4. The number of thiazole rings is 1. The summed E-state index contributed by atoms with van der Waals surface area (Å²) in [6.45, 7) is 4.10. The van der Waals surface area contributed by atoms with Gasteiger partial charge in [0.15, 0.2) is 0 Å². The second-order valence-corrected chi connectivity index (χ2v) is 7.25. The lowest BCUT2D eigenvalue weighted by Gasteiger charge is -2.46. The van der Waals surface area contributed by atoms with Crippen molar-refractivity contribution >= 4 is 17.2 Å². The Morgan fingerprint density at radius 1 is 1.55 bits per heavy atom. The predicted molar refractivity (Wildman–Crippen MR) is 84.9 cm³/mol. The van der Waals surface area contributed by atoms with Crippen molar-refractivity contribution in [3.05, 3.63) is 16.1 Å². The number of ether oxygens (including phenoxy) is 1. The van der Waals surface area contributed by atoms with E-state index in [9.17, 15) is 9.90 Å². The Morgan fingerprint density at radius 3 is 2.95 bits per heavy atom. The monoisotopic (exact) mass is 324 g/mol. The maximum absolute atomic E-state index is 12.4. The van der Waals surface area contributed by atoms with E-state index >= 15 is 0 Å². The Bertz CT molecular complexity index is 523. The number of nitrogens with zero attached hydrogens (tertiary/aromatic N) is 2. The quantitative estimate of drug-likeness (QED) is 0.923. The molecule has 122 valence electrons. The number of piperidine rings is 1. The van der Waals surface area contributed by atoms with E-state index in [2.05, 4.69) is 4.98 Å². The molecule has 1 spiro atoms. The highest BCUT2D eigenvalue weighted by molar-refractivity contribution is 7.09. The Morgan fingerprint density at radius 2 is 2.32 bits per heavy atom. The first-order valence-electron chi connectivity index (χ1n) is 8.09. The molecule has 1 atom stereocenters. The number of rotatable bonds is 3. The number of likely N-dealkylation sites (tertiary alicyclic amines) is 1. The van der Waals surface area contributed by atoms with E-state index in [0.717, 1.165) is 44.4 Å². The van der Waals surface area contributed by atoms with E-state index in [4.69, 9.17) is 4.74 Å². The van der Waals surface area contributed by atoms with Crippen LogP contribution in [0, 0.1) is 6.92 Å². The van der Waals surface area contributed by atoms with Gasteiger partial charge in [0.1, 0.15) is 0 Å². The summed E-state index contributed by atoms with van der Waals surface area (Å²) in [4.78, 5) is 19.7. The van der Waals surface area contributed by atoms with Gasteiger partial charge in [0.05, 0.1) is 22.9 Å². The van der Waals surface area contributed by atoms with E-state index in [0.29, 0.717) is 19.5 Å². The summed E-state index contributed by atoms with van der Waals surface area (Å²) in [5, 5.41) is 10.2. The number of hydrogen-bond acceptors (Lipinski definition) is 5. The van der Waals surface area contributed by atoms with Crippen molar-refractivity contribution in [2.75, 3.05) is 19.7 Å². The zero-order valence-electron chi connectivity index (χ0n) is 13.1. The highest BCUT2D eigenvalue weighted by Gasteiger charge is 2.44. The molecule has 1 aromatic heterocycles. The Labute approximate surface area is 135 Å². The molecule has 0 radical (unpaired) electrons. The average Bonchev–Trinajstić information content (AvgIpc) is 2.94. The van der Waals surface area contributed by atoms with E-state index in [1.165, 1.54) is 4.88 Å². The van der Waals surface area contributed by atoms with Crippen LogP contribution in [-0.4, -0.2) is 52.3 Å². The van der Waals surface area contributed by atoms with Crippen molar-refractivity contribution in [3.63, 3.8) is 0 Å². The minimum Gasteiger partial charge on any atom is -0.390 e. The van der Waals surface area contributed by atoms with Crippen molar-refractivity contribution < 1.29 is 14.6 Å². The van der Waals surface area contributed by atoms with Crippen molar-refractivity contribution in [3.8, 4) is 0 Å². The first-order chi connectivity index (χ1) is 10.6. The Kier molecular flexibility index (Phi) is 4.80. The highest BCUT2D eigenvalue weighted by Crippen LogP contribution is 2.35. The molecule has 2 fully saturated rings. The fourth-order valence-electron chi connectivity index (χ4n) is 3.47. The molecule has 1 N–H and O–H groups in total. The van der Waals surface area contributed by atoms with Gasteiger partial charge in [0, 0.05) is 31.0 Å². The summed E-state index contributed by atoms with van der Waals surface area (Å²) in [6, 6.07) is 0. The van der Waals surface area contributed by atoms with Crippen LogP contribution in [0.25, 0.3) is 0 Å². The van der Waals surface area contributed by atoms with Gasteiger partial charge in [-0.15, -0.1) is 11.3 Å². The normalized spacial score (nSPS) is 24.6. The smallest absolute Gasteiger partial charge is 0.222 e. The summed E-state index contributed by atoms with van der Waals surface area (Å²) in [5.41, 5.74) is 2.47. The molecule has 6 heteroatoms. The third-order valence-corrected chi connectivity index (χ3v) is 5.99. The predicted octanol–water partition coefficient (Wildman–Crippen LogP) is 1.92. The van der Waals surface area contributed by atoms with Crippen LogP contribution in [0.2, 0.25) is 0 Å². The molecule has 2 aliphatic rings. The lowest BCUT2D eigenvalue weighted by atomic mass is 9.82. The second-order valence-electron chi connectivity index (χ2n) is 6.31. The first kappa shape index (κ1) is 15.9. The Balaban J connectivity index is 1.50. The molecule has 0 unspecified atom stereocenters. The number of aryl methyl sites for hydroxylation is 2. The van der Waals surface area contributed by atoms with Gasteiger partial charge < -0.3 is 14.7 Å². The fraction of sp³-hybridized carbons (Fsp3) is 0.750. The van der Waals surface area contributed by atoms with Crippen LogP contribution in [0.1, 0.15) is 42.7 Å². The zero-order chi connectivity index (χ0) is 15.6. The summed E-state index contributed by atoms with van der Waals surface area (Å²) < 4.78 is 5.89. The van der Waals surface area contributed by atoms with Crippen LogP contribution in [-0.2, 0) is 16.0 Å². The van der Waals surface area contributed by atoms with Gasteiger partial charge in [0.2, 0.25) is 5.91 Å². The summed E-state index contributed by atoms with van der Waals surface area (Å²) in [7, 11) is 0. The number of aromatic nitrogens is 1. The standard InChI is InChI=1S/C16H24N2O3S/c1-12-13(22-11-17-12)4-5-15(20)18-8-6-16(7-9-18)14(19)3-2-10-21-16/h11,14,19H,2-10H2,1H3/t14-/m0/s1. The molecule has 0 saturated carbocycles. The van der Waals surface area contributed by atoms with Crippen molar-refractivity contribution in [1.29, 1.82) is 0 Å². The molecule has 0 bridgehead atoms. The number of carbonyl (C=O) groups excluding carboxylic acids is 1. The largest absolute Gasteiger partial charge is 0.390 e. The van der Waals surface area contributed by atoms with Gasteiger partial charge in [-0.05, 0) is 39.0 Å². The van der Waals surface area contributed by atoms with Gasteiger partial charge in [0.25, 0.3) is 0 Å². The minimum atomic E-state index is -0.400. The lowest BCUT2D eigenvalue weighted by Crippen LogP contribution is -2.56. The van der Waals surface area contributed by atoms with Crippen LogP contribution < -0.4 is 0 Å². The van der Waals surface area contributed by atoms with E-state index in [1.54, 1.807) is 11.3 Å². The summed E-state index contributed by atoms with van der Waals surface area (Å²) >= 11 is 1.62. The Hall–Kier alpha value is -0.980. The second kappa shape index (κ2) is 6.64. The van der Waals surface area contributed by atoms with Gasteiger partial charge in [-0.25, -0.2) is 4.98 Å². The van der Waals surface area contributed by atoms with Crippen LogP contribution in [0.15, 0.2) is 5.51 Å². The topological polar surface area (TPSA) is 62.7 Å². The SMILES string of the molecule is Cc1ncsc1CCC(=O)N1CCC2(CC1)OCCC[C@@H]2O. The number of amides is 1. The molecular formula is C16H24N2O3S. The number of carbonyl (C=O) groups is 1. The van der Waals surface area contributed by atoms with Gasteiger partial charge in [-0.2, -0.15) is 0 Å². The van der Waals surface area contributed by atoms with E-state index in [-0.39, 0.29) is 12.0 Å². The average molecular weight is 324 g/mol. The van der Waals surface area contributed by atoms with Crippen LogP contribution in [0.4, 0.5) is 0 Å². The molecule has 5 nitrogen and oxygen atoms in total. The molecule has 1 aromatic rings. The molecule has 1 amide bonds. The van der Waals surface area contributed by atoms with Gasteiger partial charge in [-0.1, -0.05) is 0 Å². The first-order valence-corrected chi connectivity index (χ1v) is 8.97. The van der Waals surface area contributed by atoms with E-state index in [1.807, 2.05) is 17.3 Å². The fourth-order valence-corrected chi connectivity index (χ4v) is 4.25. The lowest BCUT2D eigenvalue weighted by molar-refractivity contribution is -0.179. The van der Waals surface area contributed by atoms with Crippen LogP contribution in [0.5, 0.6) is 0 Å². The summed E-state index contributed by atoms with van der Waals surface area (Å²) in [6.07, 6.45) is 4.19. The number of aliphatic hydroxyl groups is 1. The van der Waals surface area contributed by atoms with Gasteiger partial charge >= 0.3 is 0 Å². The third kappa shape index (κ3) is 3.19. The minimum absolute atomic E-state index is 0.202. The molecule has 22 heavy (non-hydrogen) atoms. The maximum Gasteiger partial charge on any atom is 0.222 e. The highest BCUT2D eigenvalue weighted by atomic mass is 32.1. The molecule has 2 aliphatic heterocycles. The molecule has 2 saturated heterocycles. The molecule has 0 aromatic carbocycles.